The van der Waals surface area contributed by atoms with Crippen LogP contribution >= 0.6 is 0 Å². The maximum atomic E-state index is 11.7. The number of imidazole rings is 1. The highest BCUT2D eigenvalue weighted by Crippen LogP contribution is 2.26. The Kier molecular flexibility index (Phi) is 3.12. The van der Waals surface area contributed by atoms with Crippen molar-refractivity contribution in [3.05, 3.63) is 34.2 Å². The Morgan fingerprint density at radius 3 is 2.60 bits per heavy atom. The van der Waals surface area contributed by atoms with Crippen LogP contribution in [0.1, 0.15) is 31.2 Å². The highest BCUT2D eigenvalue weighted by Gasteiger charge is 2.19. The summed E-state index contributed by atoms with van der Waals surface area (Å²) in [4.78, 5) is 22.9. The summed E-state index contributed by atoms with van der Waals surface area (Å²) >= 11 is 0. The number of Topliss-reactive ketones (excluding diaryl/α,β-unsaturated/α-hetero) is 1. The molecule has 1 heterocycles. The van der Waals surface area contributed by atoms with Gasteiger partial charge in [0.2, 0.25) is 0 Å². The van der Waals surface area contributed by atoms with Gasteiger partial charge >= 0.3 is 5.69 Å². The molecule has 1 N–H and O–H groups in total. The lowest BCUT2D eigenvalue weighted by Crippen LogP contribution is -2.20. The van der Waals surface area contributed by atoms with Crippen LogP contribution in [0.4, 0.5) is 0 Å². The van der Waals surface area contributed by atoms with Crippen molar-refractivity contribution in [1.29, 1.82) is 0 Å². The van der Waals surface area contributed by atoms with Gasteiger partial charge in [0.05, 0.1) is 5.52 Å². The molecule has 1 saturated carbocycles. The largest absolute Gasteiger partial charge is 0.424 e. The van der Waals surface area contributed by atoms with Gasteiger partial charge in [-0.3, -0.25) is 9.36 Å². The Morgan fingerprint density at radius 2 is 1.90 bits per heavy atom. The van der Waals surface area contributed by atoms with Crippen LogP contribution in [0.15, 0.2) is 23.0 Å². The first kappa shape index (κ1) is 13.0. The van der Waals surface area contributed by atoms with Crippen molar-refractivity contribution in [2.45, 2.75) is 32.1 Å². The zero-order valence-corrected chi connectivity index (χ0v) is 11.5. The molecule has 0 bridgehead atoms. The molecule has 1 aliphatic carbocycles. The summed E-state index contributed by atoms with van der Waals surface area (Å²) < 4.78 is 2.13. The van der Waals surface area contributed by atoms with Gasteiger partial charge in [-0.2, -0.15) is 0 Å². The molecule has 0 atom stereocenters. The molecule has 1 aliphatic rings. The topological polar surface area (TPSA) is 64.2 Å². The van der Waals surface area contributed by atoms with Crippen molar-refractivity contribution in [2.75, 3.05) is 0 Å². The molecule has 20 heavy (non-hydrogen) atoms. The van der Waals surface area contributed by atoms with Gasteiger partial charge in [0, 0.05) is 19.9 Å². The zero-order valence-electron chi connectivity index (χ0n) is 11.5. The summed E-state index contributed by atoms with van der Waals surface area (Å²) in [7, 11) is 1.65. The number of fused-ring (bicyclic) bond motifs is 1. The summed E-state index contributed by atoms with van der Waals surface area (Å²) in [6.07, 6.45) is 4.22. The Morgan fingerprint density at radius 1 is 1.20 bits per heavy atom. The summed E-state index contributed by atoms with van der Waals surface area (Å²) in [5.41, 5.74) is 1.99. The Bertz CT molecular complexity index is 717. The van der Waals surface area contributed by atoms with Gasteiger partial charge in [-0.05, 0) is 42.9 Å². The molecule has 106 valence electrons. The Hall–Kier alpha value is -2.04. The van der Waals surface area contributed by atoms with Gasteiger partial charge in [-0.15, -0.1) is 4.73 Å². The van der Waals surface area contributed by atoms with E-state index in [0.717, 1.165) is 30.3 Å². The fourth-order valence-corrected chi connectivity index (χ4v) is 3.03. The molecule has 0 radical (unpaired) electrons. The predicted octanol–water partition coefficient (Wildman–Crippen LogP) is 1.88. The number of hydrogen-bond acceptors (Lipinski definition) is 3. The van der Waals surface area contributed by atoms with E-state index < -0.39 is 5.69 Å². The summed E-state index contributed by atoms with van der Waals surface area (Å²) in [6, 6.07) is 5.69. The highest BCUT2D eigenvalue weighted by molar-refractivity contribution is 5.79. The van der Waals surface area contributed by atoms with Crippen LogP contribution in [0.3, 0.4) is 0 Å². The minimum absolute atomic E-state index is 0.372. The standard InChI is InChI=1S/C15H18N2O3/c1-16-14-9-11(4-7-13(14)17(20)15(16)19)8-10-2-5-12(18)6-3-10/h4,7,9-10,20H,2-3,5-6,8H2,1H3. The molecule has 1 aromatic carbocycles. The van der Waals surface area contributed by atoms with E-state index in [1.54, 1.807) is 13.1 Å². The summed E-state index contributed by atoms with van der Waals surface area (Å²) in [5.74, 6) is 0.912. The van der Waals surface area contributed by atoms with Gasteiger partial charge in [-0.25, -0.2) is 4.79 Å². The van der Waals surface area contributed by atoms with Crippen molar-refractivity contribution in [3.63, 3.8) is 0 Å². The first-order valence-corrected chi connectivity index (χ1v) is 6.97. The average molecular weight is 274 g/mol. The SMILES string of the molecule is Cn1c(=O)n(O)c2ccc(CC3CCC(=O)CC3)cc21. The van der Waals surface area contributed by atoms with Gasteiger partial charge < -0.3 is 5.21 Å². The van der Waals surface area contributed by atoms with Crippen LogP contribution in [-0.4, -0.2) is 20.3 Å². The number of aryl methyl sites for hydroxylation is 1. The van der Waals surface area contributed by atoms with Crippen LogP contribution in [0, 0.1) is 5.92 Å². The highest BCUT2D eigenvalue weighted by atomic mass is 16.5. The number of carbonyl (C=O) groups is 1. The number of ketones is 1. The van der Waals surface area contributed by atoms with E-state index in [2.05, 4.69) is 0 Å². The second-order valence-electron chi connectivity index (χ2n) is 5.66. The lowest BCUT2D eigenvalue weighted by molar-refractivity contribution is -0.121. The van der Waals surface area contributed by atoms with E-state index in [-0.39, 0.29) is 0 Å². The third kappa shape index (κ3) is 2.13. The molecule has 5 heteroatoms. The summed E-state index contributed by atoms with van der Waals surface area (Å²) in [5, 5.41) is 9.67. The Labute approximate surface area is 116 Å². The first-order chi connectivity index (χ1) is 9.56. The molecule has 0 spiro atoms. The lowest BCUT2D eigenvalue weighted by Gasteiger charge is -2.20. The molecule has 5 nitrogen and oxygen atoms in total. The van der Waals surface area contributed by atoms with Crippen LogP contribution in [0.2, 0.25) is 0 Å². The normalized spacial score (nSPS) is 16.9. The zero-order chi connectivity index (χ0) is 14.3. The maximum Gasteiger partial charge on any atom is 0.361 e. The van der Waals surface area contributed by atoms with E-state index in [1.807, 2.05) is 12.1 Å². The molecule has 0 saturated heterocycles. The number of aromatic nitrogens is 2. The van der Waals surface area contributed by atoms with Crippen LogP contribution < -0.4 is 5.69 Å². The predicted molar refractivity (Wildman–Crippen MR) is 75.0 cm³/mol. The van der Waals surface area contributed by atoms with Gasteiger partial charge in [0.25, 0.3) is 0 Å². The number of hydrogen-bond donors (Lipinski definition) is 1. The fraction of sp³-hybridized carbons (Fsp3) is 0.467. The van der Waals surface area contributed by atoms with E-state index in [9.17, 15) is 14.8 Å². The molecule has 1 fully saturated rings. The number of nitrogens with zero attached hydrogens (tertiary/aromatic N) is 2. The minimum Gasteiger partial charge on any atom is -0.424 e. The smallest absolute Gasteiger partial charge is 0.361 e. The third-order valence-corrected chi connectivity index (χ3v) is 4.28. The van der Waals surface area contributed by atoms with Crippen molar-refractivity contribution in [3.8, 4) is 0 Å². The molecule has 0 unspecified atom stereocenters. The van der Waals surface area contributed by atoms with Crippen LogP contribution in [0.5, 0.6) is 0 Å². The van der Waals surface area contributed by atoms with Gasteiger partial charge in [0.15, 0.2) is 0 Å². The molecule has 0 amide bonds. The van der Waals surface area contributed by atoms with Crippen molar-refractivity contribution < 1.29 is 10.0 Å². The maximum absolute atomic E-state index is 11.7. The summed E-state index contributed by atoms with van der Waals surface area (Å²) in [6.45, 7) is 0. The number of benzene rings is 1. The van der Waals surface area contributed by atoms with Crippen LogP contribution in [0.25, 0.3) is 11.0 Å². The van der Waals surface area contributed by atoms with E-state index in [1.165, 1.54) is 4.57 Å². The molecule has 1 aromatic heterocycles. The first-order valence-electron chi connectivity index (χ1n) is 6.97. The number of carbonyl (C=O) groups excluding carboxylic acids is 1. The van der Waals surface area contributed by atoms with E-state index in [4.69, 9.17) is 0 Å². The quantitative estimate of drug-likeness (QED) is 0.850. The number of rotatable bonds is 2. The molecule has 2 aromatic rings. The molecule has 0 aliphatic heterocycles. The molecule has 3 rings (SSSR count). The monoisotopic (exact) mass is 274 g/mol. The van der Waals surface area contributed by atoms with E-state index >= 15 is 0 Å². The average Bonchev–Trinajstić information content (AvgIpc) is 2.66. The third-order valence-electron chi connectivity index (χ3n) is 4.28. The molecular formula is C15H18N2O3. The fourth-order valence-electron chi connectivity index (χ4n) is 3.03. The lowest BCUT2D eigenvalue weighted by atomic mass is 9.84. The Balaban J connectivity index is 1.88. The molecular weight excluding hydrogens is 256 g/mol. The van der Waals surface area contributed by atoms with Gasteiger partial charge in [0.1, 0.15) is 11.3 Å². The van der Waals surface area contributed by atoms with E-state index in [0.29, 0.717) is 34.8 Å². The van der Waals surface area contributed by atoms with Gasteiger partial charge in [-0.1, -0.05) is 6.07 Å². The minimum atomic E-state index is -0.430. The van der Waals surface area contributed by atoms with Crippen molar-refractivity contribution >= 4 is 16.8 Å². The second kappa shape index (κ2) is 4.81. The van der Waals surface area contributed by atoms with Crippen molar-refractivity contribution in [1.82, 2.24) is 9.30 Å². The van der Waals surface area contributed by atoms with Crippen molar-refractivity contribution in [2.24, 2.45) is 13.0 Å². The van der Waals surface area contributed by atoms with Crippen LogP contribution in [-0.2, 0) is 18.3 Å². The second-order valence-corrected chi connectivity index (χ2v) is 5.66.